The van der Waals surface area contributed by atoms with Crippen molar-refractivity contribution >= 4 is 34.3 Å². The molecular weight excluding hydrogens is 539 g/mol. The van der Waals surface area contributed by atoms with E-state index in [1.165, 1.54) is 7.11 Å². The maximum Gasteiger partial charge on any atom is 0.301 e. The number of halogens is 1. The lowest BCUT2D eigenvalue weighted by atomic mass is 9.81. The number of aliphatic hydroxyl groups is 1. The molecule has 4 rings (SSSR count). The van der Waals surface area contributed by atoms with Crippen LogP contribution < -0.4 is 14.2 Å². The van der Waals surface area contributed by atoms with Crippen molar-refractivity contribution in [2.45, 2.75) is 18.2 Å². The zero-order chi connectivity index (χ0) is 23.9. The Bertz CT molecular complexity index is 1090. The Hall–Kier alpha value is -2.37. The SMILES string of the molecule is COc1ccc(C2C3C(=O)c4cc(I)ccc4OC3(O)C(=O)N2CCCN(C)C)cc1OC. The van der Waals surface area contributed by atoms with E-state index in [0.29, 0.717) is 35.6 Å². The number of rotatable bonds is 7. The minimum absolute atomic E-state index is 0.216. The van der Waals surface area contributed by atoms with Gasteiger partial charge in [0.05, 0.1) is 25.8 Å². The fourth-order valence-electron chi connectivity index (χ4n) is 4.61. The van der Waals surface area contributed by atoms with E-state index in [9.17, 15) is 14.7 Å². The largest absolute Gasteiger partial charge is 0.493 e. The van der Waals surface area contributed by atoms with Gasteiger partial charge in [-0.3, -0.25) is 9.59 Å². The lowest BCUT2D eigenvalue weighted by Gasteiger charge is -2.34. The van der Waals surface area contributed by atoms with Crippen LogP contribution >= 0.6 is 22.6 Å². The fourth-order valence-corrected chi connectivity index (χ4v) is 5.10. The predicted octanol–water partition coefficient (Wildman–Crippen LogP) is 2.72. The Morgan fingerprint density at radius 3 is 2.52 bits per heavy atom. The lowest BCUT2D eigenvalue weighted by Crippen LogP contribution is -2.53. The molecule has 0 bridgehead atoms. The number of hydrogen-bond acceptors (Lipinski definition) is 7. The smallest absolute Gasteiger partial charge is 0.301 e. The second-order valence-electron chi connectivity index (χ2n) is 8.50. The summed E-state index contributed by atoms with van der Waals surface area (Å²) in [7, 11) is 6.98. The third-order valence-corrected chi connectivity index (χ3v) is 6.82. The molecule has 0 saturated carbocycles. The minimum Gasteiger partial charge on any atom is -0.493 e. The van der Waals surface area contributed by atoms with Crippen LogP contribution in [0.25, 0.3) is 0 Å². The molecule has 8 nitrogen and oxygen atoms in total. The molecule has 0 aromatic heterocycles. The highest BCUT2D eigenvalue weighted by Crippen LogP contribution is 2.51. The number of carbonyl (C=O) groups excluding carboxylic acids is 2. The summed E-state index contributed by atoms with van der Waals surface area (Å²) in [5, 5.41) is 11.5. The first kappa shape index (κ1) is 23.8. The number of Topliss-reactive ketones (excluding diaryl/α,β-unsaturated/α-hetero) is 1. The number of likely N-dealkylation sites (tertiary alicyclic amines) is 1. The van der Waals surface area contributed by atoms with Crippen molar-refractivity contribution < 1.29 is 28.9 Å². The molecule has 0 spiro atoms. The van der Waals surface area contributed by atoms with E-state index in [4.69, 9.17) is 14.2 Å². The number of ketones is 1. The summed E-state index contributed by atoms with van der Waals surface area (Å²) in [6.07, 6.45) is 0.671. The molecule has 1 fully saturated rings. The second kappa shape index (κ2) is 9.11. The molecule has 0 aliphatic carbocycles. The van der Waals surface area contributed by atoms with Gasteiger partial charge in [-0.25, -0.2) is 0 Å². The zero-order valence-corrected chi connectivity index (χ0v) is 21.2. The van der Waals surface area contributed by atoms with E-state index in [1.807, 2.05) is 19.0 Å². The van der Waals surface area contributed by atoms with Gasteiger partial charge in [-0.2, -0.15) is 0 Å². The van der Waals surface area contributed by atoms with Gasteiger partial charge in [0.15, 0.2) is 17.3 Å². The Morgan fingerprint density at radius 1 is 1.12 bits per heavy atom. The number of fused-ring (bicyclic) bond motifs is 2. The summed E-state index contributed by atoms with van der Waals surface area (Å²) < 4.78 is 17.5. The van der Waals surface area contributed by atoms with Crippen LogP contribution in [0.4, 0.5) is 0 Å². The lowest BCUT2D eigenvalue weighted by molar-refractivity contribution is -0.181. The van der Waals surface area contributed by atoms with E-state index in [-0.39, 0.29) is 11.5 Å². The first-order valence-corrected chi connectivity index (χ1v) is 11.7. The number of ether oxygens (including phenoxy) is 3. The van der Waals surface area contributed by atoms with Crippen molar-refractivity contribution in [1.29, 1.82) is 0 Å². The first-order chi connectivity index (χ1) is 15.7. The van der Waals surface area contributed by atoms with E-state index in [0.717, 1.165) is 10.1 Å². The third kappa shape index (κ3) is 4.06. The molecule has 2 aliphatic rings. The fraction of sp³-hybridized carbons (Fsp3) is 0.417. The Balaban J connectivity index is 1.83. The van der Waals surface area contributed by atoms with E-state index < -0.39 is 23.7 Å². The molecule has 0 radical (unpaired) electrons. The molecule has 1 amide bonds. The molecular formula is C24H27IN2O6. The first-order valence-electron chi connectivity index (χ1n) is 10.6. The number of carbonyl (C=O) groups is 2. The highest BCUT2D eigenvalue weighted by molar-refractivity contribution is 14.1. The molecule has 1 N–H and O–H groups in total. The number of benzene rings is 2. The van der Waals surface area contributed by atoms with E-state index in [2.05, 4.69) is 22.6 Å². The summed E-state index contributed by atoms with van der Waals surface area (Å²) in [5.74, 6) is -3.09. The van der Waals surface area contributed by atoms with Crippen molar-refractivity contribution in [2.24, 2.45) is 5.92 Å². The summed E-state index contributed by atoms with van der Waals surface area (Å²) in [6.45, 7) is 1.11. The molecule has 2 aromatic carbocycles. The van der Waals surface area contributed by atoms with Crippen LogP contribution in [0.1, 0.15) is 28.4 Å². The van der Waals surface area contributed by atoms with Crippen LogP contribution in [-0.2, 0) is 4.79 Å². The molecule has 3 atom stereocenters. The summed E-state index contributed by atoms with van der Waals surface area (Å²) in [4.78, 5) is 30.8. The normalized spacial score (nSPS) is 23.9. The molecule has 3 unspecified atom stereocenters. The van der Waals surface area contributed by atoms with Crippen LogP contribution in [0.5, 0.6) is 17.2 Å². The Kier molecular flexibility index (Phi) is 6.56. The van der Waals surface area contributed by atoms with Gasteiger partial charge in [-0.15, -0.1) is 0 Å². The van der Waals surface area contributed by atoms with Crippen molar-refractivity contribution in [3.8, 4) is 17.2 Å². The van der Waals surface area contributed by atoms with E-state index in [1.54, 1.807) is 48.4 Å². The van der Waals surface area contributed by atoms with Gasteiger partial charge in [0, 0.05) is 10.1 Å². The summed E-state index contributed by atoms with van der Waals surface area (Å²) >= 11 is 2.12. The average Bonchev–Trinajstić information content (AvgIpc) is 3.01. The third-order valence-electron chi connectivity index (χ3n) is 6.15. The molecule has 9 heteroatoms. The van der Waals surface area contributed by atoms with Crippen LogP contribution in [0.3, 0.4) is 0 Å². The minimum atomic E-state index is -2.27. The van der Waals surface area contributed by atoms with Gasteiger partial charge in [0.25, 0.3) is 5.91 Å². The monoisotopic (exact) mass is 566 g/mol. The highest BCUT2D eigenvalue weighted by Gasteiger charge is 2.66. The summed E-state index contributed by atoms with van der Waals surface area (Å²) in [5.41, 5.74) is 1.03. The van der Waals surface area contributed by atoms with Gasteiger partial charge in [0.1, 0.15) is 11.7 Å². The van der Waals surface area contributed by atoms with Crippen molar-refractivity contribution in [1.82, 2.24) is 9.80 Å². The number of nitrogens with zero attached hydrogens (tertiary/aromatic N) is 2. The molecule has 2 heterocycles. The second-order valence-corrected chi connectivity index (χ2v) is 9.74. The number of methoxy groups -OCH3 is 2. The van der Waals surface area contributed by atoms with Gasteiger partial charge < -0.3 is 29.1 Å². The Labute approximate surface area is 206 Å². The standard InChI is InChI=1S/C24H27IN2O6/c1-26(2)10-5-11-27-21(14-6-8-18(31-3)19(12-14)32-4)20-22(28)16-13-15(25)7-9-17(16)33-24(20,30)23(27)29/h6-9,12-13,20-21,30H,5,10-11H2,1-4H3. The van der Waals surface area contributed by atoms with Crippen LogP contribution in [0, 0.1) is 9.49 Å². The quantitative estimate of drug-likeness (QED) is 0.516. The van der Waals surface area contributed by atoms with Gasteiger partial charge in [-0.1, -0.05) is 6.07 Å². The molecule has 2 aliphatic heterocycles. The van der Waals surface area contributed by atoms with Crippen molar-refractivity contribution in [3.63, 3.8) is 0 Å². The van der Waals surface area contributed by atoms with Crippen LogP contribution in [0.15, 0.2) is 36.4 Å². The molecule has 2 aromatic rings. The van der Waals surface area contributed by atoms with Gasteiger partial charge in [-0.05, 0) is 85.5 Å². The summed E-state index contributed by atoms with van der Waals surface area (Å²) in [6, 6.07) is 9.68. The van der Waals surface area contributed by atoms with Gasteiger partial charge in [0.2, 0.25) is 0 Å². The predicted molar refractivity (Wildman–Crippen MR) is 130 cm³/mol. The maximum atomic E-state index is 13.7. The van der Waals surface area contributed by atoms with Crippen LogP contribution in [-0.4, -0.2) is 73.8 Å². The zero-order valence-electron chi connectivity index (χ0n) is 19.0. The van der Waals surface area contributed by atoms with Crippen LogP contribution in [0.2, 0.25) is 0 Å². The van der Waals surface area contributed by atoms with Gasteiger partial charge >= 0.3 is 5.79 Å². The molecule has 176 valence electrons. The number of hydrogen-bond donors (Lipinski definition) is 1. The maximum absolute atomic E-state index is 13.7. The average molecular weight is 566 g/mol. The molecule has 33 heavy (non-hydrogen) atoms. The van der Waals surface area contributed by atoms with Crippen molar-refractivity contribution in [3.05, 3.63) is 51.1 Å². The molecule has 1 saturated heterocycles. The topological polar surface area (TPSA) is 88.5 Å². The highest BCUT2D eigenvalue weighted by atomic mass is 127. The van der Waals surface area contributed by atoms with E-state index >= 15 is 0 Å². The Morgan fingerprint density at radius 2 is 1.85 bits per heavy atom. The van der Waals surface area contributed by atoms with Crippen molar-refractivity contribution in [2.75, 3.05) is 41.4 Å². The number of amides is 1.